The number of hydrogen-bond acceptors (Lipinski definition) is 2. The number of nitrogens with one attached hydrogen (secondary N) is 1. The molecule has 2 aromatic rings. The Labute approximate surface area is 136 Å². The van der Waals surface area contributed by atoms with Gasteiger partial charge >= 0.3 is 0 Å². The summed E-state index contributed by atoms with van der Waals surface area (Å²) in [6.45, 7) is 1.37. The van der Waals surface area contributed by atoms with Crippen LogP contribution in [0.25, 0.3) is 11.3 Å². The molecule has 0 aliphatic carbocycles. The molecule has 1 N–H and O–H groups in total. The summed E-state index contributed by atoms with van der Waals surface area (Å²) in [5, 5.41) is 8.93. The molecule has 0 fully saturated rings. The lowest BCUT2D eigenvalue weighted by Crippen LogP contribution is -2.35. The van der Waals surface area contributed by atoms with Crippen molar-refractivity contribution in [2.45, 2.75) is 19.4 Å². The van der Waals surface area contributed by atoms with Crippen LogP contribution < -0.4 is 0 Å². The average molecular weight is 369 g/mol. The van der Waals surface area contributed by atoms with Gasteiger partial charge < -0.3 is 4.90 Å². The molecule has 3 rings (SSSR count). The number of aromatic amines is 1. The van der Waals surface area contributed by atoms with Crippen LogP contribution in [0, 0.1) is 0 Å². The van der Waals surface area contributed by atoms with Crippen molar-refractivity contribution in [1.29, 1.82) is 0 Å². The molecule has 110 valence electrons. The van der Waals surface area contributed by atoms with Crippen molar-refractivity contribution in [3.05, 3.63) is 40.5 Å². The molecule has 0 bridgehead atoms. The number of fused-ring (bicyclic) bond motifs is 1. The lowest BCUT2D eigenvalue weighted by Gasteiger charge is -2.27. The van der Waals surface area contributed by atoms with E-state index >= 15 is 0 Å². The Balaban J connectivity index is 1.89. The SMILES string of the molecule is O=C(CCBr)N1CCc2[nH]nc(-c3ccc(Cl)cc3)c2C1. The molecule has 1 amide bonds. The van der Waals surface area contributed by atoms with Crippen LogP contribution in [-0.2, 0) is 17.8 Å². The first kappa shape index (κ1) is 14.6. The molecule has 1 aromatic carbocycles. The zero-order valence-electron chi connectivity index (χ0n) is 11.4. The van der Waals surface area contributed by atoms with E-state index in [9.17, 15) is 4.79 Å². The third kappa shape index (κ3) is 2.99. The molecular formula is C15H15BrClN3O. The maximum absolute atomic E-state index is 12.1. The fourth-order valence-corrected chi connectivity index (χ4v) is 3.06. The summed E-state index contributed by atoms with van der Waals surface area (Å²) in [4.78, 5) is 14.0. The maximum atomic E-state index is 12.1. The molecule has 1 aliphatic rings. The van der Waals surface area contributed by atoms with Crippen molar-refractivity contribution < 1.29 is 4.79 Å². The van der Waals surface area contributed by atoms with Crippen LogP contribution >= 0.6 is 27.5 Å². The second kappa shape index (κ2) is 6.20. The van der Waals surface area contributed by atoms with Crippen molar-refractivity contribution in [3.63, 3.8) is 0 Å². The van der Waals surface area contributed by atoms with E-state index in [-0.39, 0.29) is 5.91 Å². The zero-order chi connectivity index (χ0) is 14.8. The van der Waals surface area contributed by atoms with Gasteiger partial charge in [0.05, 0.1) is 5.69 Å². The van der Waals surface area contributed by atoms with Crippen molar-refractivity contribution >= 4 is 33.4 Å². The normalized spacial score (nSPS) is 14.1. The first-order valence-corrected chi connectivity index (χ1v) is 8.35. The van der Waals surface area contributed by atoms with Gasteiger partial charge in [0, 0.05) is 53.1 Å². The number of aromatic nitrogens is 2. The second-order valence-corrected chi connectivity index (χ2v) is 6.27. The lowest BCUT2D eigenvalue weighted by molar-refractivity contribution is -0.131. The summed E-state index contributed by atoms with van der Waals surface area (Å²) in [5.41, 5.74) is 4.18. The highest BCUT2D eigenvalue weighted by atomic mass is 79.9. The van der Waals surface area contributed by atoms with E-state index in [2.05, 4.69) is 26.1 Å². The monoisotopic (exact) mass is 367 g/mol. The molecule has 21 heavy (non-hydrogen) atoms. The predicted octanol–water partition coefficient (Wildman–Crippen LogP) is 3.40. The van der Waals surface area contributed by atoms with Crippen LogP contribution in [-0.4, -0.2) is 32.9 Å². The van der Waals surface area contributed by atoms with Crippen LogP contribution in [0.1, 0.15) is 17.7 Å². The second-order valence-electron chi connectivity index (χ2n) is 5.04. The summed E-state index contributed by atoms with van der Waals surface area (Å²) in [5.74, 6) is 0.181. The Morgan fingerprint density at radius 3 is 2.86 bits per heavy atom. The van der Waals surface area contributed by atoms with Crippen LogP contribution in [0.5, 0.6) is 0 Å². The van der Waals surface area contributed by atoms with E-state index in [1.54, 1.807) is 0 Å². The third-order valence-corrected chi connectivity index (χ3v) is 4.36. The number of hydrogen-bond donors (Lipinski definition) is 1. The van der Waals surface area contributed by atoms with Gasteiger partial charge in [-0.25, -0.2) is 0 Å². The minimum Gasteiger partial charge on any atom is -0.338 e. The van der Waals surface area contributed by atoms with Gasteiger partial charge in [0.1, 0.15) is 0 Å². The van der Waals surface area contributed by atoms with Crippen LogP contribution in [0.2, 0.25) is 5.02 Å². The average Bonchev–Trinajstić information content (AvgIpc) is 2.91. The molecular weight excluding hydrogens is 354 g/mol. The Hall–Kier alpha value is -1.33. The summed E-state index contributed by atoms with van der Waals surface area (Å²) >= 11 is 9.25. The minimum atomic E-state index is 0.181. The fourth-order valence-electron chi connectivity index (χ4n) is 2.59. The van der Waals surface area contributed by atoms with Crippen molar-refractivity contribution in [2.24, 2.45) is 0 Å². The molecule has 1 aliphatic heterocycles. The van der Waals surface area contributed by atoms with Gasteiger partial charge in [-0.05, 0) is 12.1 Å². The predicted molar refractivity (Wildman–Crippen MR) is 86.6 cm³/mol. The minimum absolute atomic E-state index is 0.181. The van der Waals surface area contributed by atoms with Crippen LogP contribution in [0.3, 0.4) is 0 Å². The Morgan fingerprint density at radius 1 is 1.38 bits per heavy atom. The van der Waals surface area contributed by atoms with E-state index < -0.39 is 0 Å². The van der Waals surface area contributed by atoms with Crippen LogP contribution in [0.15, 0.2) is 24.3 Å². The van der Waals surface area contributed by atoms with E-state index in [1.807, 2.05) is 29.2 Å². The molecule has 0 unspecified atom stereocenters. The van der Waals surface area contributed by atoms with Crippen molar-refractivity contribution in [3.8, 4) is 11.3 Å². The standard InChI is InChI=1S/C15H15BrClN3O/c16-7-5-14(21)20-8-6-13-12(9-20)15(19-18-13)10-1-3-11(17)4-2-10/h1-4H,5-9H2,(H,18,19). The van der Waals surface area contributed by atoms with Crippen molar-refractivity contribution in [2.75, 3.05) is 11.9 Å². The highest BCUT2D eigenvalue weighted by molar-refractivity contribution is 9.09. The number of nitrogens with zero attached hydrogens (tertiary/aromatic N) is 2. The van der Waals surface area contributed by atoms with E-state index in [0.717, 1.165) is 35.5 Å². The lowest BCUT2D eigenvalue weighted by atomic mass is 10.0. The molecule has 4 nitrogen and oxygen atoms in total. The van der Waals surface area contributed by atoms with Crippen LogP contribution in [0.4, 0.5) is 0 Å². The number of carbonyl (C=O) groups excluding carboxylic acids is 1. The number of amides is 1. The molecule has 1 aromatic heterocycles. The smallest absolute Gasteiger partial charge is 0.223 e. The number of alkyl halides is 1. The molecule has 2 heterocycles. The Morgan fingerprint density at radius 2 is 2.14 bits per heavy atom. The summed E-state index contributed by atoms with van der Waals surface area (Å²) < 4.78 is 0. The van der Waals surface area contributed by atoms with Gasteiger partial charge in [-0.1, -0.05) is 39.7 Å². The highest BCUT2D eigenvalue weighted by Gasteiger charge is 2.25. The van der Waals surface area contributed by atoms with E-state index in [1.165, 1.54) is 0 Å². The number of carbonyl (C=O) groups is 1. The fraction of sp³-hybridized carbons (Fsp3) is 0.333. The molecule has 0 radical (unpaired) electrons. The molecule has 0 saturated carbocycles. The number of halogens is 2. The van der Waals surface area contributed by atoms with Gasteiger partial charge in [0.25, 0.3) is 0 Å². The molecule has 6 heteroatoms. The Bertz CT molecular complexity index is 653. The molecule has 0 atom stereocenters. The first-order chi connectivity index (χ1) is 10.2. The van der Waals surface area contributed by atoms with E-state index in [4.69, 9.17) is 11.6 Å². The van der Waals surface area contributed by atoms with Crippen molar-refractivity contribution in [1.82, 2.24) is 15.1 Å². The number of H-pyrrole nitrogens is 1. The molecule has 0 saturated heterocycles. The van der Waals surface area contributed by atoms with Gasteiger partial charge in [0.15, 0.2) is 0 Å². The Kier molecular flexibility index (Phi) is 4.31. The summed E-state index contributed by atoms with van der Waals surface area (Å²) in [6, 6.07) is 7.62. The number of rotatable bonds is 3. The van der Waals surface area contributed by atoms with Gasteiger partial charge in [-0.3, -0.25) is 9.89 Å². The topological polar surface area (TPSA) is 49.0 Å². The third-order valence-electron chi connectivity index (χ3n) is 3.71. The summed E-state index contributed by atoms with van der Waals surface area (Å²) in [6.07, 6.45) is 1.35. The maximum Gasteiger partial charge on any atom is 0.223 e. The van der Waals surface area contributed by atoms with E-state index in [0.29, 0.717) is 23.3 Å². The number of benzene rings is 1. The van der Waals surface area contributed by atoms with Gasteiger partial charge in [-0.2, -0.15) is 5.10 Å². The highest BCUT2D eigenvalue weighted by Crippen LogP contribution is 2.29. The van der Waals surface area contributed by atoms with Gasteiger partial charge in [0.2, 0.25) is 5.91 Å². The first-order valence-electron chi connectivity index (χ1n) is 6.85. The zero-order valence-corrected chi connectivity index (χ0v) is 13.7. The quantitative estimate of drug-likeness (QED) is 0.844. The summed E-state index contributed by atoms with van der Waals surface area (Å²) in [7, 11) is 0. The molecule has 0 spiro atoms. The van der Waals surface area contributed by atoms with Gasteiger partial charge in [-0.15, -0.1) is 0 Å². The largest absolute Gasteiger partial charge is 0.338 e.